The van der Waals surface area contributed by atoms with Crippen molar-refractivity contribution in [3.05, 3.63) is 23.8 Å². The molecule has 48 heavy (non-hydrogen) atoms. The number of ether oxygens (including phenoxy) is 4. The third-order valence-electron chi connectivity index (χ3n) is 12.3. The first-order valence-electron chi connectivity index (χ1n) is 16.5. The Bertz CT molecular complexity index is 1360. The van der Waals surface area contributed by atoms with Crippen molar-refractivity contribution < 1.29 is 74.2 Å². The first-order chi connectivity index (χ1) is 22.6. The molecule has 8 N–H and O–H groups in total. The third kappa shape index (κ3) is 5.21. The van der Waals surface area contributed by atoms with Crippen molar-refractivity contribution in [2.24, 2.45) is 28.6 Å². The van der Waals surface area contributed by atoms with Crippen LogP contribution in [0.25, 0.3) is 0 Å². The molecule has 6 rings (SSSR count). The quantitative estimate of drug-likeness (QED) is 0.124. The van der Waals surface area contributed by atoms with E-state index in [1.165, 1.54) is 6.08 Å². The van der Waals surface area contributed by atoms with Crippen LogP contribution < -0.4 is 0 Å². The fourth-order valence-corrected chi connectivity index (χ4v) is 9.58. The monoisotopic (exact) mass is 682 g/mol. The highest BCUT2D eigenvalue weighted by molar-refractivity contribution is 6.02. The molecule has 2 heterocycles. The van der Waals surface area contributed by atoms with E-state index in [4.69, 9.17) is 18.9 Å². The van der Waals surface area contributed by atoms with Crippen LogP contribution in [0.15, 0.2) is 23.8 Å². The van der Waals surface area contributed by atoms with Crippen LogP contribution in [0.5, 0.6) is 0 Å². The number of carbonyl (C=O) groups is 3. The molecular weight excluding hydrogens is 636 g/mol. The van der Waals surface area contributed by atoms with Crippen LogP contribution in [-0.2, 0) is 33.3 Å². The van der Waals surface area contributed by atoms with Crippen molar-refractivity contribution in [1.82, 2.24) is 0 Å². The summed E-state index contributed by atoms with van der Waals surface area (Å²) < 4.78 is 22.4. The number of carbonyl (C=O) groups excluding carboxylic acids is 3. The van der Waals surface area contributed by atoms with E-state index >= 15 is 0 Å². The maximum atomic E-state index is 13.9. The average molecular weight is 683 g/mol. The molecule has 2 saturated heterocycles. The summed E-state index contributed by atoms with van der Waals surface area (Å²) in [6.45, 7) is 0.297. The highest BCUT2D eigenvalue weighted by Crippen LogP contribution is 2.66. The molecule has 15 nitrogen and oxygen atoms in total. The maximum absolute atomic E-state index is 13.9. The maximum Gasteiger partial charge on any atom is 0.222 e. The van der Waals surface area contributed by atoms with E-state index in [9.17, 15) is 55.2 Å². The molecule has 0 aromatic carbocycles. The number of rotatable bonds is 9. The van der Waals surface area contributed by atoms with E-state index in [0.717, 1.165) is 5.57 Å². The van der Waals surface area contributed by atoms with Gasteiger partial charge in [0, 0.05) is 23.2 Å². The lowest BCUT2D eigenvalue weighted by molar-refractivity contribution is -0.319. The molecule has 6 aliphatic rings. The fourth-order valence-electron chi connectivity index (χ4n) is 9.58. The summed E-state index contributed by atoms with van der Waals surface area (Å²) in [4.78, 5) is 39.9. The lowest BCUT2D eigenvalue weighted by atomic mass is 9.46. The first kappa shape index (κ1) is 35.8. The normalized spacial score (nSPS) is 50.1. The van der Waals surface area contributed by atoms with Gasteiger partial charge in [-0.15, -0.1) is 0 Å². The van der Waals surface area contributed by atoms with Gasteiger partial charge in [0.05, 0.1) is 13.2 Å². The van der Waals surface area contributed by atoms with Crippen LogP contribution in [0.3, 0.4) is 0 Å². The summed E-state index contributed by atoms with van der Waals surface area (Å²) in [5.74, 6) is -4.04. The predicted octanol–water partition coefficient (Wildman–Crippen LogP) is -2.58. The van der Waals surface area contributed by atoms with Crippen molar-refractivity contribution in [3.63, 3.8) is 0 Å². The average Bonchev–Trinajstić information content (AvgIpc) is 3.49. The Hall–Kier alpha value is -1.99. The Morgan fingerprint density at radius 2 is 1.71 bits per heavy atom. The molecule has 0 aromatic rings. The number of hydrogen-bond acceptors (Lipinski definition) is 15. The van der Waals surface area contributed by atoms with Gasteiger partial charge in [-0.2, -0.15) is 0 Å². The summed E-state index contributed by atoms with van der Waals surface area (Å²) >= 11 is 0. The molecule has 3 saturated carbocycles. The largest absolute Gasteiger partial charge is 0.394 e. The van der Waals surface area contributed by atoms with Gasteiger partial charge in [-0.25, -0.2) is 0 Å². The van der Waals surface area contributed by atoms with E-state index in [1.54, 1.807) is 13.0 Å². The minimum Gasteiger partial charge on any atom is -0.394 e. The Morgan fingerprint density at radius 1 is 1.00 bits per heavy atom. The second-order valence-electron chi connectivity index (χ2n) is 14.7. The molecule has 0 amide bonds. The van der Waals surface area contributed by atoms with Gasteiger partial charge in [-0.3, -0.25) is 14.4 Å². The Kier molecular flexibility index (Phi) is 9.44. The Balaban J connectivity index is 1.17. The van der Waals surface area contributed by atoms with Gasteiger partial charge in [0.1, 0.15) is 67.3 Å². The molecule has 0 spiro atoms. The van der Waals surface area contributed by atoms with Gasteiger partial charge >= 0.3 is 0 Å². The van der Waals surface area contributed by atoms with Gasteiger partial charge in [-0.1, -0.05) is 25.5 Å². The zero-order chi connectivity index (χ0) is 35.0. The molecule has 0 bridgehead atoms. The highest BCUT2D eigenvalue weighted by atomic mass is 16.8. The standard InChI is InChI=1S/C33H46O15/c1-30-7-5-16(37)9-15(30)3-4-17-18-6-8-32(44,31(18,2)10-19(38)23(17)30)22(39)13-45-33(14-36)28(43)27(21(12-35)48-33)47-29-26(42)25(41)24(40)20(11-34)46-29/h5,7,9,17-18,20-21,23-29,34-36,40-44H,3-4,6,8,10-14H2,1-2H3/t17-,18-,20+,21+,23+,24-,25-,26+,27+,28-,29-,30-,31-,32-,33?/m0/s1. The van der Waals surface area contributed by atoms with Gasteiger partial charge in [0.15, 0.2) is 17.9 Å². The highest BCUT2D eigenvalue weighted by Gasteiger charge is 2.69. The van der Waals surface area contributed by atoms with Crippen LogP contribution >= 0.6 is 0 Å². The predicted molar refractivity (Wildman–Crippen MR) is 159 cm³/mol. The van der Waals surface area contributed by atoms with Crippen molar-refractivity contribution in [2.45, 2.75) is 106 Å². The fraction of sp³-hybridized carbons (Fsp3) is 0.788. The number of aliphatic hydroxyl groups excluding tert-OH is 7. The Morgan fingerprint density at radius 3 is 2.38 bits per heavy atom. The summed E-state index contributed by atoms with van der Waals surface area (Å²) in [7, 11) is 0. The minimum atomic E-state index is -2.34. The number of Topliss-reactive ketones (excluding diaryl/α,β-unsaturated/α-hetero) is 2. The molecule has 15 heteroatoms. The molecule has 15 atom stereocenters. The van der Waals surface area contributed by atoms with Crippen molar-refractivity contribution >= 4 is 17.3 Å². The first-order valence-corrected chi connectivity index (χ1v) is 16.5. The topological polar surface area (TPSA) is 250 Å². The van der Waals surface area contributed by atoms with Crippen molar-refractivity contribution in [3.8, 4) is 0 Å². The molecule has 4 aliphatic carbocycles. The van der Waals surface area contributed by atoms with E-state index in [-0.39, 0.29) is 36.2 Å². The molecule has 5 fully saturated rings. The van der Waals surface area contributed by atoms with E-state index < -0.39 is 109 Å². The number of allylic oxidation sites excluding steroid dienone is 4. The summed E-state index contributed by atoms with van der Waals surface area (Å²) in [5.41, 5.74) is -2.83. The van der Waals surface area contributed by atoms with Crippen LogP contribution in [0.4, 0.5) is 0 Å². The molecule has 0 radical (unpaired) electrons. The van der Waals surface area contributed by atoms with E-state index in [1.807, 2.05) is 13.0 Å². The van der Waals surface area contributed by atoms with Crippen LogP contribution in [0, 0.1) is 28.6 Å². The van der Waals surface area contributed by atoms with Gasteiger partial charge in [0.25, 0.3) is 0 Å². The van der Waals surface area contributed by atoms with E-state index in [0.29, 0.717) is 19.3 Å². The summed E-state index contributed by atoms with van der Waals surface area (Å²) in [6, 6.07) is 0. The molecular formula is C33H46O15. The number of fused-ring (bicyclic) bond motifs is 5. The molecule has 2 aliphatic heterocycles. The number of ketones is 3. The van der Waals surface area contributed by atoms with Crippen molar-refractivity contribution in [1.29, 1.82) is 0 Å². The number of hydrogen-bond donors (Lipinski definition) is 8. The van der Waals surface area contributed by atoms with Crippen LogP contribution in [0.1, 0.15) is 46.0 Å². The second kappa shape index (κ2) is 12.7. The summed E-state index contributed by atoms with van der Waals surface area (Å²) in [5, 5.41) is 83.7. The van der Waals surface area contributed by atoms with Gasteiger partial charge < -0.3 is 59.8 Å². The molecule has 0 aromatic heterocycles. The third-order valence-corrected chi connectivity index (χ3v) is 12.3. The summed E-state index contributed by atoms with van der Waals surface area (Å²) in [6.07, 6.45) is -6.56. The van der Waals surface area contributed by atoms with Gasteiger partial charge in [0.2, 0.25) is 5.79 Å². The molecule has 268 valence electrons. The SMILES string of the molecule is C[C@]12C=CC(=O)C=C1CC[C@@H]1[C@@H]2C(=O)C[C@@]2(C)[C@H]1CC[C@]2(O)C(=O)COC1(CO)O[C@H](CO)[C@@H](O[C@@H]2O[C@H](CO)[C@H](O)[C@H](O)[C@H]2O)[C@@H]1O. The Labute approximate surface area is 276 Å². The number of aliphatic hydroxyl groups is 8. The van der Waals surface area contributed by atoms with Crippen LogP contribution in [0.2, 0.25) is 0 Å². The smallest absolute Gasteiger partial charge is 0.222 e. The van der Waals surface area contributed by atoms with Crippen molar-refractivity contribution in [2.75, 3.05) is 26.4 Å². The second-order valence-corrected chi connectivity index (χ2v) is 14.7. The lowest BCUT2D eigenvalue weighted by Crippen LogP contribution is -2.61. The zero-order valence-corrected chi connectivity index (χ0v) is 26.9. The molecule has 1 unspecified atom stereocenters. The van der Waals surface area contributed by atoms with E-state index in [2.05, 4.69) is 0 Å². The zero-order valence-electron chi connectivity index (χ0n) is 26.9. The van der Waals surface area contributed by atoms with Gasteiger partial charge in [-0.05, 0) is 49.7 Å². The minimum absolute atomic E-state index is 0.0538. The van der Waals surface area contributed by atoms with Crippen LogP contribution in [-0.4, -0.2) is 145 Å². The lowest BCUT2D eigenvalue weighted by Gasteiger charge is -2.56.